The van der Waals surface area contributed by atoms with E-state index in [9.17, 15) is 13.2 Å². The minimum absolute atomic E-state index is 0.0655. The highest BCUT2D eigenvalue weighted by atomic mass is 32.2. The van der Waals surface area contributed by atoms with Crippen LogP contribution < -0.4 is 13.9 Å². The second-order valence-electron chi connectivity index (χ2n) is 6.56. The van der Waals surface area contributed by atoms with Gasteiger partial charge in [-0.25, -0.2) is 8.42 Å². The predicted octanol–water partition coefficient (Wildman–Crippen LogP) is 2.83. The molecule has 2 aromatic rings. The number of carbonyl (C=O) groups is 1. The number of aryl methyl sites for hydroxylation is 1. The van der Waals surface area contributed by atoms with E-state index in [-0.39, 0.29) is 18.9 Å². The van der Waals surface area contributed by atoms with Crippen molar-refractivity contribution in [3.8, 4) is 5.75 Å². The molecule has 2 aromatic carbocycles. The fraction of sp³-hybridized carbons (Fsp3) is 0.350. The van der Waals surface area contributed by atoms with Gasteiger partial charge in [0.05, 0.1) is 19.1 Å². The molecule has 0 radical (unpaired) electrons. The summed E-state index contributed by atoms with van der Waals surface area (Å²) >= 11 is 0. The van der Waals surface area contributed by atoms with Gasteiger partial charge in [-0.2, -0.15) is 0 Å². The van der Waals surface area contributed by atoms with Crippen molar-refractivity contribution in [3.05, 3.63) is 54.1 Å². The van der Waals surface area contributed by atoms with Gasteiger partial charge in [-0.05, 0) is 48.7 Å². The molecule has 0 fully saturated rings. The summed E-state index contributed by atoms with van der Waals surface area (Å²) in [4.78, 5) is 14.6. The van der Waals surface area contributed by atoms with Gasteiger partial charge in [0.1, 0.15) is 5.75 Å². The molecule has 0 bridgehead atoms. The van der Waals surface area contributed by atoms with Crippen LogP contribution in [0.1, 0.15) is 18.4 Å². The average molecular weight is 388 g/mol. The van der Waals surface area contributed by atoms with E-state index in [1.807, 2.05) is 24.3 Å². The van der Waals surface area contributed by atoms with Crippen LogP contribution >= 0.6 is 0 Å². The minimum Gasteiger partial charge on any atom is -0.497 e. The van der Waals surface area contributed by atoms with Crippen LogP contribution in [0.4, 0.5) is 11.4 Å². The Bertz CT molecular complexity index is 910. The normalized spacial score (nSPS) is 13.8. The first-order valence-corrected chi connectivity index (χ1v) is 10.7. The number of sulfonamides is 1. The Hall–Kier alpha value is -2.54. The molecular formula is C20H24N2O4S. The summed E-state index contributed by atoms with van der Waals surface area (Å²) in [6.45, 7) is 0.764. The van der Waals surface area contributed by atoms with E-state index in [1.54, 1.807) is 36.3 Å². The van der Waals surface area contributed by atoms with Crippen LogP contribution in [0.15, 0.2) is 48.5 Å². The minimum atomic E-state index is -3.50. The maximum absolute atomic E-state index is 12.8. The molecule has 144 valence electrons. The largest absolute Gasteiger partial charge is 0.497 e. The number of methoxy groups -OCH3 is 1. The molecule has 7 heteroatoms. The first-order chi connectivity index (χ1) is 12.9. The SMILES string of the molecule is COc1ccc(N(CCC(=O)N2CCCc3ccccc32)S(C)(=O)=O)cc1. The Morgan fingerprint density at radius 2 is 1.85 bits per heavy atom. The molecule has 0 aromatic heterocycles. The standard InChI is InChI=1S/C20H24N2O4S/c1-26-18-11-9-17(10-12-18)22(27(2,24)25)15-13-20(23)21-14-5-7-16-6-3-4-8-19(16)21/h3-4,6,8-12H,5,7,13-15H2,1-2H3. The van der Waals surface area contributed by atoms with Crippen LogP contribution in [0, 0.1) is 0 Å². The number of para-hydroxylation sites is 1. The monoisotopic (exact) mass is 388 g/mol. The summed E-state index contributed by atoms with van der Waals surface area (Å²) in [6.07, 6.45) is 3.14. The Morgan fingerprint density at radius 3 is 2.52 bits per heavy atom. The highest BCUT2D eigenvalue weighted by Crippen LogP contribution is 2.28. The van der Waals surface area contributed by atoms with Gasteiger partial charge in [0.15, 0.2) is 0 Å². The van der Waals surface area contributed by atoms with E-state index in [1.165, 1.54) is 4.31 Å². The summed E-state index contributed by atoms with van der Waals surface area (Å²) in [5.74, 6) is 0.581. The molecule has 0 saturated heterocycles. The number of rotatable bonds is 6. The summed E-state index contributed by atoms with van der Waals surface area (Å²) in [5, 5.41) is 0. The molecule has 0 saturated carbocycles. The molecule has 0 spiro atoms. The smallest absolute Gasteiger partial charge is 0.232 e. The molecule has 0 aliphatic carbocycles. The van der Waals surface area contributed by atoms with Crippen molar-refractivity contribution in [3.63, 3.8) is 0 Å². The van der Waals surface area contributed by atoms with Crippen LogP contribution in [0.3, 0.4) is 0 Å². The Balaban J connectivity index is 1.75. The van der Waals surface area contributed by atoms with Crippen molar-refractivity contribution in [1.82, 2.24) is 0 Å². The fourth-order valence-corrected chi connectivity index (χ4v) is 4.29. The number of hydrogen-bond donors (Lipinski definition) is 0. The van der Waals surface area contributed by atoms with E-state index in [0.29, 0.717) is 18.0 Å². The van der Waals surface area contributed by atoms with Gasteiger partial charge in [-0.3, -0.25) is 9.10 Å². The number of hydrogen-bond acceptors (Lipinski definition) is 4. The molecule has 0 unspecified atom stereocenters. The van der Waals surface area contributed by atoms with Crippen molar-refractivity contribution < 1.29 is 17.9 Å². The van der Waals surface area contributed by atoms with Crippen LogP contribution in [-0.2, 0) is 21.2 Å². The van der Waals surface area contributed by atoms with Gasteiger partial charge in [-0.1, -0.05) is 18.2 Å². The summed E-state index contributed by atoms with van der Waals surface area (Å²) in [7, 11) is -1.95. The number of carbonyl (C=O) groups excluding carboxylic acids is 1. The van der Waals surface area contributed by atoms with Crippen molar-refractivity contribution >= 4 is 27.3 Å². The van der Waals surface area contributed by atoms with E-state index < -0.39 is 10.0 Å². The van der Waals surface area contributed by atoms with Gasteiger partial charge < -0.3 is 9.64 Å². The third-order valence-electron chi connectivity index (χ3n) is 4.70. The quantitative estimate of drug-likeness (QED) is 0.763. The first-order valence-electron chi connectivity index (χ1n) is 8.90. The van der Waals surface area contributed by atoms with E-state index in [4.69, 9.17) is 4.74 Å². The summed E-state index contributed by atoms with van der Waals surface area (Å²) in [6, 6.07) is 14.7. The van der Waals surface area contributed by atoms with Gasteiger partial charge in [0, 0.05) is 25.2 Å². The van der Waals surface area contributed by atoms with Crippen LogP contribution in [0.5, 0.6) is 5.75 Å². The average Bonchev–Trinajstić information content (AvgIpc) is 2.67. The molecule has 0 atom stereocenters. The fourth-order valence-electron chi connectivity index (χ4n) is 3.36. The summed E-state index contributed by atoms with van der Waals surface area (Å²) in [5.41, 5.74) is 2.61. The van der Waals surface area contributed by atoms with Crippen molar-refractivity contribution in [2.45, 2.75) is 19.3 Å². The van der Waals surface area contributed by atoms with Crippen molar-refractivity contribution in [1.29, 1.82) is 0 Å². The zero-order valence-electron chi connectivity index (χ0n) is 15.6. The zero-order valence-corrected chi connectivity index (χ0v) is 16.4. The van der Waals surface area contributed by atoms with Crippen LogP contribution in [0.2, 0.25) is 0 Å². The Labute approximate surface area is 160 Å². The lowest BCUT2D eigenvalue weighted by molar-refractivity contribution is -0.118. The zero-order chi connectivity index (χ0) is 19.4. The van der Waals surface area contributed by atoms with E-state index in [2.05, 4.69) is 0 Å². The number of benzene rings is 2. The lowest BCUT2D eigenvalue weighted by Gasteiger charge is -2.30. The molecule has 1 amide bonds. The highest BCUT2D eigenvalue weighted by Gasteiger charge is 2.24. The molecule has 6 nitrogen and oxygen atoms in total. The molecule has 0 N–H and O–H groups in total. The molecule has 1 heterocycles. The second-order valence-corrected chi connectivity index (χ2v) is 8.47. The highest BCUT2D eigenvalue weighted by molar-refractivity contribution is 7.92. The second kappa shape index (κ2) is 8.00. The van der Waals surface area contributed by atoms with Crippen molar-refractivity contribution in [2.75, 3.05) is 35.7 Å². The number of amides is 1. The topological polar surface area (TPSA) is 66.9 Å². The van der Waals surface area contributed by atoms with Gasteiger partial charge in [0.2, 0.25) is 15.9 Å². The maximum atomic E-state index is 12.8. The van der Waals surface area contributed by atoms with E-state index in [0.717, 1.165) is 30.3 Å². The lowest BCUT2D eigenvalue weighted by atomic mass is 10.0. The molecule has 1 aliphatic heterocycles. The molecule has 1 aliphatic rings. The number of fused-ring (bicyclic) bond motifs is 1. The number of nitrogens with zero attached hydrogens (tertiary/aromatic N) is 2. The lowest BCUT2D eigenvalue weighted by Crippen LogP contribution is -2.39. The number of anilines is 2. The predicted molar refractivity (Wildman–Crippen MR) is 107 cm³/mol. The molecule has 3 rings (SSSR count). The first kappa shape index (κ1) is 19.2. The van der Waals surface area contributed by atoms with Crippen LogP contribution in [-0.4, -0.2) is 40.8 Å². The Morgan fingerprint density at radius 1 is 1.15 bits per heavy atom. The van der Waals surface area contributed by atoms with Crippen molar-refractivity contribution in [2.24, 2.45) is 0 Å². The maximum Gasteiger partial charge on any atom is 0.232 e. The summed E-state index contributed by atoms with van der Waals surface area (Å²) < 4.78 is 30.9. The van der Waals surface area contributed by atoms with Crippen LogP contribution in [0.25, 0.3) is 0 Å². The van der Waals surface area contributed by atoms with Gasteiger partial charge >= 0.3 is 0 Å². The third-order valence-corrected chi connectivity index (χ3v) is 5.89. The van der Waals surface area contributed by atoms with Gasteiger partial charge in [-0.15, -0.1) is 0 Å². The van der Waals surface area contributed by atoms with E-state index >= 15 is 0 Å². The molecular weight excluding hydrogens is 364 g/mol. The third kappa shape index (κ3) is 4.42. The number of ether oxygens (including phenoxy) is 1. The molecule has 27 heavy (non-hydrogen) atoms. The van der Waals surface area contributed by atoms with Gasteiger partial charge in [0.25, 0.3) is 0 Å². The Kier molecular flexibility index (Phi) is 5.70.